The molecule has 5 rings (SSSR count). The number of rotatable bonds is 5. The highest BCUT2D eigenvalue weighted by Crippen LogP contribution is 2.70. The number of ketones is 2. The number of likely N-dealkylation sites (N-methyl/N-ethyl adjacent to an activating group) is 1. The van der Waals surface area contributed by atoms with Gasteiger partial charge in [0, 0.05) is 10.8 Å². The normalized spacial score (nSPS) is 49.4. The number of carbonyl (C=O) groups is 2. The quantitative estimate of drug-likeness (QED) is 0.633. The van der Waals surface area contributed by atoms with Crippen LogP contribution in [0.3, 0.4) is 0 Å². The van der Waals surface area contributed by atoms with Crippen LogP contribution in [0.2, 0.25) is 0 Å². The van der Waals surface area contributed by atoms with Crippen molar-refractivity contribution in [3.05, 3.63) is 23.8 Å². The molecule has 0 aromatic heterocycles. The van der Waals surface area contributed by atoms with E-state index in [1.807, 2.05) is 25.1 Å². The predicted octanol–water partition coefficient (Wildman–Crippen LogP) is 2.37. The first kappa shape index (κ1) is 24.3. The summed E-state index contributed by atoms with van der Waals surface area (Å²) >= 11 is 0. The number of fused-ring (bicyclic) bond motifs is 7. The number of carbonyl (C=O) groups excluding carboxylic acids is 2. The molecule has 3 saturated carbocycles. The average Bonchev–Trinajstić information content (AvgIpc) is 3.22. The van der Waals surface area contributed by atoms with E-state index in [4.69, 9.17) is 15.2 Å². The Hall–Kier alpha value is -1.38. The lowest BCUT2D eigenvalue weighted by molar-refractivity contribution is -0.204. The van der Waals surface area contributed by atoms with Gasteiger partial charge in [-0.15, -0.1) is 0 Å². The number of Topliss-reactive ketones (excluding diaryl/α,β-unsaturated/α-hetero) is 1. The van der Waals surface area contributed by atoms with Crippen molar-refractivity contribution >= 4 is 11.6 Å². The predicted molar refractivity (Wildman–Crippen MR) is 128 cm³/mol. The van der Waals surface area contributed by atoms with Crippen LogP contribution >= 0.6 is 0 Å². The van der Waals surface area contributed by atoms with Gasteiger partial charge in [-0.3, -0.25) is 9.59 Å². The summed E-state index contributed by atoms with van der Waals surface area (Å²) in [4.78, 5) is 27.9. The number of nitrogens with zero attached hydrogens (tertiary/aromatic N) is 1. The van der Waals surface area contributed by atoms with Crippen molar-refractivity contribution in [1.82, 2.24) is 4.90 Å². The fourth-order valence-electron chi connectivity index (χ4n) is 8.44. The summed E-state index contributed by atoms with van der Waals surface area (Å²) in [5.74, 6) is 0.0716. The number of hydrogen-bond donors (Lipinski definition) is 2. The Morgan fingerprint density at radius 3 is 2.71 bits per heavy atom. The van der Waals surface area contributed by atoms with Gasteiger partial charge in [-0.25, -0.2) is 0 Å². The molecule has 1 saturated heterocycles. The van der Waals surface area contributed by atoms with Crippen molar-refractivity contribution < 1.29 is 24.2 Å². The summed E-state index contributed by atoms with van der Waals surface area (Å²) < 4.78 is 13.1. The van der Waals surface area contributed by atoms with E-state index in [1.54, 1.807) is 12.2 Å². The van der Waals surface area contributed by atoms with Gasteiger partial charge in [-0.05, 0) is 70.2 Å². The molecular weight excluding hydrogens is 432 g/mol. The second-order valence-electron chi connectivity index (χ2n) is 12.0. The zero-order valence-electron chi connectivity index (χ0n) is 21.2. The lowest BCUT2D eigenvalue weighted by atomic mass is 9.42. The zero-order chi connectivity index (χ0) is 24.7. The molecule has 7 nitrogen and oxygen atoms in total. The molecule has 5 aliphatic rings. The van der Waals surface area contributed by atoms with Crippen LogP contribution in [0.25, 0.3) is 0 Å². The Morgan fingerprint density at radius 2 is 2.03 bits per heavy atom. The molecule has 0 bridgehead atoms. The van der Waals surface area contributed by atoms with Crippen LogP contribution in [0.4, 0.5) is 0 Å². The van der Waals surface area contributed by atoms with Gasteiger partial charge in [-0.2, -0.15) is 0 Å². The molecule has 1 unspecified atom stereocenters. The molecule has 0 aromatic carbocycles. The minimum absolute atomic E-state index is 0.0166. The van der Waals surface area contributed by atoms with E-state index in [-0.39, 0.29) is 36.1 Å². The van der Waals surface area contributed by atoms with Gasteiger partial charge in [0.15, 0.2) is 23.5 Å². The summed E-state index contributed by atoms with van der Waals surface area (Å²) in [7, 11) is 3.79. The van der Waals surface area contributed by atoms with Crippen molar-refractivity contribution in [2.45, 2.75) is 88.9 Å². The summed E-state index contributed by atoms with van der Waals surface area (Å²) in [5, 5.41) is 11.8. The Kier molecular flexibility index (Phi) is 5.58. The molecule has 0 aromatic rings. The Morgan fingerprint density at radius 1 is 1.29 bits per heavy atom. The van der Waals surface area contributed by atoms with Crippen molar-refractivity contribution in [3.8, 4) is 0 Å². The second-order valence-corrected chi connectivity index (χ2v) is 12.0. The standard InChI is InChI=1S/C27H40N2O5/c1-6-7-23-33-22-13-19-18-9-8-16-12-17(30)10-11-24(16,2)26(18,28)20(31)14-25(19,3)27(22,34-23)21(32)15-29(4)5/h10-12,18-20,22-23,31H,6-9,13-15,28H2,1-5H3/t18-,19-,20-,22+,23?,24-,25-,26-,27+/m0/s1. The summed E-state index contributed by atoms with van der Waals surface area (Å²) in [6, 6.07) is 0. The highest BCUT2D eigenvalue weighted by molar-refractivity contribution is 6.01. The largest absolute Gasteiger partial charge is 0.391 e. The number of ether oxygens (including phenoxy) is 2. The molecule has 188 valence electrons. The second kappa shape index (κ2) is 7.81. The maximum absolute atomic E-state index is 13.9. The molecule has 34 heavy (non-hydrogen) atoms. The molecule has 4 aliphatic carbocycles. The number of aliphatic hydroxyl groups is 1. The lowest BCUT2D eigenvalue weighted by Gasteiger charge is -2.65. The lowest BCUT2D eigenvalue weighted by Crippen LogP contribution is -2.75. The third kappa shape index (κ3) is 2.88. The fraction of sp³-hybridized carbons (Fsp3) is 0.778. The fourth-order valence-corrected chi connectivity index (χ4v) is 8.44. The van der Waals surface area contributed by atoms with Gasteiger partial charge in [0.25, 0.3) is 0 Å². The summed E-state index contributed by atoms with van der Waals surface area (Å²) in [5.41, 5.74) is 5.06. The van der Waals surface area contributed by atoms with Crippen LogP contribution in [0.1, 0.15) is 59.3 Å². The monoisotopic (exact) mass is 472 g/mol. The smallest absolute Gasteiger partial charge is 0.181 e. The Bertz CT molecular complexity index is 961. The number of allylic oxidation sites excluding steroid dienone is 2. The molecule has 0 amide bonds. The van der Waals surface area contributed by atoms with E-state index in [0.29, 0.717) is 12.8 Å². The molecule has 1 heterocycles. The van der Waals surface area contributed by atoms with Crippen molar-refractivity contribution in [2.75, 3.05) is 20.6 Å². The van der Waals surface area contributed by atoms with Crippen LogP contribution in [-0.2, 0) is 19.1 Å². The van der Waals surface area contributed by atoms with Crippen LogP contribution in [-0.4, -0.2) is 71.9 Å². The first-order chi connectivity index (χ1) is 15.9. The van der Waals surface area contributed by atoms with Gasteiger partial charge in [0.1, 0.15) is 0 Å². The average molecular weight is 473 g/mol. The van der Waals surface area contributed by atoms with Crippen molar-refractivity contribution in [3.63, 3.8) is 0 Å². The van der Waals surface area contributed by atoms with Gasteiger partial charge in [0.05, 0.1) is 24.3 Å². The van der Waals surface area contributed by atoms with E-state index < -0.39 is 34.4 Å². The molecule has 0 spiro atoms. The summed E-state index contributed by atoms with van der Waals surface area (Å²) in [6.07, 6.45) is 7.89. The molecule has 7 heteroatoms. The minimum atomic E-state index is -1.08. The molecule has 1 aliphatic heterocycles. The van der Waals surface area contributed by atoms with E-state index in [1.165, 1.54) is 0 Å². The number of nitrogens with two attached hydrogens (primary N) is 1. The molecule has 3 N–H and O–H groups in total. The molecule has 0 radical (unpaired) electrons. The zero-order valence-corrected chi connectivity index (χ0v) is 21.2. The van der Waals surface area contributed by atoms with Crippen molar-refractivity contribution in [2.24, 2.45) is 28.4 Å². The molecule has 4 fully saturated rings. The number of aliphatic hydroxyl groups excluding tert-OH is 1. The SMILES string of the molecule is CCCC1O[C@@H]2C[C@H]3[C@@H]4CCC5=CC(=O)C=C[C@]5(C)[C@@]4(N)[C@@H](O)C[C@]3(C)[C@]2(C(=O)CN(C)C)O1. The van der Waals surface area contributed by atoms with Crippen LogP contribution in [0, 0.1) is 22.7 Å². The molecule has 9 atom stereocenters. The maximum atomic E-state index is 13.9. The highest BCUT2D eigenvalue weighted by Gasteiger charge is 2.78. The van der Waals surface area contributed by atoms with Crippen molar-refractivity contribution in [1.29, 1.82) is 0 Å². The maximum Gasteiger partial charge on any atom is 0.181 e. The topological polar surface area (TPSA) is 102 Å². The van der Waals surface area contributed by atoms with Gasteiger partial charge < -0.3 is 25.2 Å². The first-order valence-corrected chi connectivity index (χ1v) is 12.9. The Labute approximate surface area is 202 Å². The highest BCUT2D eigenvalue weighted by atomic mass is 16.7. The first-order valence-electron chi connectivity index (χ1n) is 12.9. The van der Waals surface area contributed by atoms with E-state index in [2.05, 4.69) is 20.8 Å². The van der Waals surface area contributed by atoms with E-state index in [0.717, 1.165) is 31.3 Å². The third-order valence-electron chi connectivity index (χ3n) is 10.1. The van der Waals surface area contributed by atoms with Gasteiger partial charge >= 0.3 is 0 Å². The number of hydrogen-bond acceptors (Lipinski definition) is 7. The van der Waals surface area contributed by atoms with E-state index >= 15 is 0 Å². The van der Waals surface area contributed by atoms with Crippen LogP contribution < -0.4 is 5.73 Å². The van der Waals surface area contributed by atoms with Gasteiger partial charge in [0.2, 0.25) is 0 Å². The van der Waals surface area contributed by atoms with Crippen LogP contribution in [0.5, 0.6) is 0 Å². The van der Waals surface area contributed by atoms with Gasteiger partial charge in [-0.1, -0.05) is 38.8 Å². The summed E-state index contributed by atoms with van der Waals surface area (Å²) in [6.45, 7) is 6.54. The minimum Gasteiger partial charge on any atom is -0.391 e. The Balaban J connectivity index is 1.59. The third-order valence-corrected chi connectivity index (χ3v) is 10.1. The molecular formula is C27H40N2O5. The van der Waals surface area contributed by atoms with E-state index in [9.17, 15) is 14.7 Å². The van der Waals surface area contributed by atoms with Crippen LogP contribution in [0.15, 0.2) is 23.8 Å².